The molecule has 0 radical (unpaired) electrons. The van der Waals surface area contributed by atoms with E-state index in [2.05, 4.69) is 5.32 Å². The summed E-state index contributed by atoms with van der Waals surface area (Å²) >= 11 is 0. The molecule has 1 aliphatic heterocycles. The fourth-order valence-corrected chi connectivity index (χ4v) is 4.78. The highest BCUT2D eigenvalue weighted by molar-refractivity contribution is 7.90. The van der Waals surface area contributed by atoms with E-state index in [9.17, 15) is 22.6 Å². The summed E-state index contributed by atoms with van der Waals surface area (Å²) in [6, 6.07) is 7.79. The molecule has 1 fully saturated rings. The first-order valence-electron chi connectivity index (χ1n) is 7.03. The summed E-state index contributed by atoms with van der Waals surface area (Å²) in [4.78, 5) is 23.9. The predicted octanol–water partition coefficient (Wildman–Crippen LogP) is -0.0271. The van der Waals surface area contributed by atoms with Gasteiger partial charge in [0.05, 0.1) is 0 Å². The largest absolute Gasteiger partial charge is 0.445 e. The lowest BCUT2D eigenvalue weighted by molar-refractivity contribution is -0.125. The number of ether oxygens (including phenoxy) is 1. The van der Waals surface area contributed by atoms with Gasteiger partial charge in [-0.3, -0.25) is 24.1 Å². The Kier molecular flexibility index (Phi) is 5.80. The van der Waals surface area contributed by atoms with Gasteiger partial charge >= 0.3 is 24.0 Å². The Bertz CT molecular complexity index is 801. The van der Waals surface area contributed by atoms with Crippen LogP contribution in [0.5, 0.6) is 0 Å². The second-order valence-electron chi connectivity index (χ2n) is 5.20. The lowest BCUT2D eigenvalue weighted by Crippen LogP contribution is -2.43. The number of alkyl carbamates (subject to hydrolysis) is 1. The molecule has 2 rings (SSSR count). The SMILES string of the molecule is N[P@](=O)(NS(=O)(=O)O)N1CC[C@H](NC(=O)OCc2ccccc2)C1=O. The average Bonchev–Trinajstić information content (AvgIpc) is 2.86. The molecular weight excluding hydrogens is 375 g/mol. The van der Waals surface area contributed by atoms with Gasteiger partial charge < -0.3 is 10.1 Å². The molecule has 2 amide bonds. The zero-order valence-corrected chi connectivity index (χ0v) is 14.6. The smallest absolute Gasteiger partial charge is 0.408 e. The second kappa shape index (κ2) is 7.50. The van der Waals surface area contributed by atoms with E-state index in [4.69, 9.17) is 14.8 Å². The molecule has 0 bridgehead atoms. The second-order valence-corrected chi connectivity index (χ2v) is 8.61. The van der Waals surface area contributed by atoms with Crippen LogP contribution in [0.4, 0.5) is 4.79 Å². The summed E-state index contributed by atoms with van der Waals surface area (Å²) in [6.45, 7) is -0.171. The quantitative estimate of drug-likeness (QED) is 0.387. The summed E-state index contributed by atoms with van der Waals surface area (Å²) in [5.41, 5.74) is 6.04. The number of carbonyl (C=O) groups is 2. The third-order valence-electron chi connectivity index (χ3n) is 3.29. The number of hydrogen-bond donors (Lipinski definition) is 4. The predicted molar refractivity (Wildman–Crippen MR) is 86.4 cm³/mol. The molecule has 0 aromatic heterocycles. The minimum atomic E-state index is -4.87. The molecule has 0 unspecified atom stereocenters. The zero-order valence-electron chi connectivity index (χ0n) is 12.9. The van der Waals surface area contributed by atoms with Crippen molar-refractivity contribution in [2.45, 2.75) is 19.1 Å². The molecule has 2 atom stereocenters. The van der Waals surface area contributed by atoms with Gasteiger partial charge in [-0.2, -0.15) is 8.42 Å². The molecule has 11 nitrogen and oxygen atoms in total. The van der Waals surface area contributed by atoms with Gasteiger partial charge in [0, 0.05) is 6.54 Å². The monoisotopic (exact) mass is 392 g/mol. The maximum absolute atomic E-state index is 12.1. The molecule has 1 heterocycles. The first kappa shape index (κ1) is 19.3. The third-order valence-corrected chi connectivity index (χ3v) is 6.38. The van der Waals surface area contributed by atoms with Gasteiger partial charge in [-0.25, -0.2) is 4.79 Å². The van der Waals surface area contributed by atoms with Gasteiger partial charge in [0.25, 0.3) is 5.91 Å². The summed E-state index contributed by atoms with van der Waals surface area (Å²) in [5.74, 6) is -0.848. The Morgan fingerprint density at radius 2 is 2.04 bits per heavy atom. The number of nitrogens with zero attached hydrogens (tertiary/aromatic N) is 1. The van der Waals surface area contributed by atoms with E-state index in [1.807, 2.05) is 0 Å². The van der Waals surface area contributed by atoms with Crippen LogP contribution in [0.15, 0.2) is 30.3 Å². The maximum Gasteiger partial charge on any atom is 0.408 e. The molecule has 13 heteroatoms. The Morgan fingerprint density at radius 3 is 2.64 bits per heavy atom. The van der Waals surface area contributed by atoms with Crippen LogP contribution in [0, 0.1) is 0 Å². The van der Waals surface area contributed by atoms with Crippen LogP contribution in [-0.2, 0) is 31.0 Å². The van der Waals surface area contributed by atoms with Gasteiger partial charge in [0.15, 0.2) is 0 Å². The molecule has 1 aromatic rings. The van der Waals surface area contributed by atoms with E-state index in [-0.39, 0.29) is 19.6 Å². The van der Waals surface area contributed by atoms with E-state index in [1.165, 1.54) is 4.49 Å². The number of benzene rings is 1. The number of nitrogens with one attached hydrogen (secondary N) is 2. The van der Waals surface area contributed by atoms with Crippen molar-refractivity contribution in [2.75, 3.05) is 6.54 Å². The molecule has 0 aliphatic carbocycles. The first-order valence-corrected chi connectivity index (χ1v) is 10.2. The van der Waals surface area contributed by atoms with Gasteiger partial charge in [-0.05, 0) is 12.0 Å². The molecule has 25 heavy (non-hydrogen) atoms. The molecule has 0 saturated carbocycles. The number of carbonyl (C=O) groups excluding carboxylic acids is 2. The Labute approximate surface area is 143 Å². The molecular formula is C12H17N4O7PS. The van der Waals surface area contributed by atoms with Crippen LogP contribution in [-0.4, -0.2) is 42.2 Å². The van der Waals surface area contributed by atoms with Gasteiger partial charge in [0.2, 0.25) is 0 Å². The fourth-order valence-electron chi connectivity index (χ4n) is 2.22. The number of hydrogen-bond acceptors (Lipinski definition) is 6. The topological polar surface area (TPSA) is 168 Å². The molecule has 1 aromatic carbocycles. The molecule has 0 spiro atoms. The van der Waals surface area contributed by atoms with Crippen LogP contribution in [0.25, 0.3) is 0 Å². The highest BCUT2D eigenvalue weighted by Crippen LogP contribution is 2.40. The standard InChI is InChI=1S/C12H17N4O7PS/c13-24(19,15-25(20,21)22)16-7-6-10(11(16)17)14-12(18)23-8-9-4-2-1-3-5-9/h1-5,10H,6-8H2,(H,14,18)(H3,13,15,19)(H,20,21,22)/t10-,24-/m0/s1. The van der Waals surface area contributed by atoms with Crippen LogP contribution < -0.4 is 15.3 Å². The average molecular weight is 392 g/mol. The lowest BCUT2D eigenvalue weighted by Gasteiger charge is -2.23. The lowest BCUT2D eigenvalue weighted by atomic mass is 10.2. The van der Waals surface area contributed by atoms with Gasteiger partial charge in [-0.1, -0.05) is 30.3 Å². The highest BCUT2D eigenvalue weighted by atomic mass is 32.2. The van der Waals surface area contributed by atoms with Crippen LogP contribution >= 0.6 is 7.59 Å². The Hall–Kier alpha value is -1.98. The molecule has 1 aliphatic rings. The van der Waals surface area contributed by atoms with E-state index in [0.29, 0.717) is 4.67 Å². The highest BCUT2D eigenvalue weighted by Gasteiger charge is 2.43. The minimum absolute atomic E-state index is 0.00298. The maximum atomic E-state index is 12.1. The Morgan fingerprint density at radius 1 is 1.40 bits per heavy atom. The summed E-state index contributed by atoms with van der Waals surface area (Å²) in [6.07, 6.45) is -0.813. The summed E-state index contributed by atoms with van der Waals surface area (Å²) < 4.78 is 49.1. The first-order chi connectivity index (χ1) is 11.6. The molecule has 5 N–H and O–H groups in total. The van der Waals surface area contributed by atoms with Gasteiger partial charge in [-0.15, -0.1) is 4.49 Å². The zero-order chi connectivity index (χ0) is 18.7. The normalized spacial score (nSPS) is 20.2. The fraction of sp³-hybridized carbons (Fsp3) is 0.333. The molecule has 1 saturated heterocycles. The van der Waals surface area contributed by atoms with Crippen molar-refractivity contribution in [2.24, 2.45) is 5.50 Å². The van der Waals surface area contributed by atoms with Crippen molar-refractivity contribution in [1.82, 2.24) is 14.5 Å². The van der Waals surface area contributed by atoms with Crippen LogP contribution in [0.2, 0.25) is 0 Å². The van der Waals surface area contributed by atoms with Crippen molar-refractivity contribution in [3.05, 3.63) is 35.9 Å². The number of rotatable bonds is 6. The summed E-state index contributed by atoms with van der Waals surface area (Å²) in [5, 5.41) is 2.30. The number of amides is 2. The summed E-state index contributed by atoms with van der Waals surface area (Å²) in [7, 11) is -9.22. The van der Waals surface area contributed by atoms with E-state index < -0.39 is 35.9 Å². The van der Waals surface area contributed by atoms with Gasteiger partial charge in [0.1, 0.15) is 12.6 Å². The number of nitrogens with two attached hydrogens (primary N) is 1. The van der Waals surface area contributed by atoms with Crippen LogP contribution in [0.3, 0.4) is 0 Å². The van der Waals surface area contributed by atoms with E-state index in [0.717, 1.165) is 5.56 Å². The third kappa shape index (κ3) is 5.51. The van der Waals surface area contributed by atoms with Crippen molar-refractivity contribution in [3.8, 4) is 0 Å². The van der Waals surface area contributed by atoms with E-state index >= 15 is 0 Å². The van der Waals surface area contributed by atoms with Crippen molar-refractivity contribution >= 4 is 29.9 Å². The molecule has 138 valence electrons. The van der Waals surface area contributed by atoms with Crippen molar-refractivity contribution in [1.29, 1.82) is 0 Å². The van der Waals surface area contributed by atoms with Crippen LogP contribution in [0.1, 0.15) is 12.0 Å². The van der Waals surface area contributed by atoms with Crippen molar-refractivity contribution < 1.29 is 31.9 Å². The van der Waals surface area contributed by atoms with Crippen molar-refractivity contribution in [3.63, 3.8) is 0 Å². The van der Waals surface area contributed by atoms with E-state index in [1.54, 1.807) is 30.3 Å². The minimum Gasteiger partial charge on any atom is -0.445 e. The Balaban J connectivity index is 1.91.